The van der Waals surface area contributed by atoms with E-state index in [9.17, 15) is 8.42 Å². The van der Waals surface area contributed by atoms with Gasteiger partial charge in [0.05, 0.1) is 0 Å². The van der Waals surface area contributed by atoms with Gasteiger partial charge in [-0.05, 0) is 50.5 Å². The smallest absolute Gasteiger partial charge is 0.281 e. The average Bonchev–Trinajstić information content (AvgIpc) is 3.22. The lowest BCUT2D eigenvalue weighted by atomic mass is 9.99. The van der Waals surface area contributed by atoms with Crippen LogP contribution < -0.4 is 5.73 Å². The van der Waals surface area contributed by atoms with E-state index in [4.69, 9.17) is 5.73 Å². The zero-order valence-corrected chi connectivity index (χ0v) is 12.7. The van der Waals surface area contributed by atoms with Gasteiger partial charge in [-0.1, -0.05) is 6.92 Å². The highest BCUT2D eigenvalue weighted by atomic mass is 32.2. The quantitative estimate of drug-likeness (QED) is 0.761. The molecule has 2 fully saturated rings. The first-order valence-electron chi connectivity index (χ1n) is 7.53. The van der Waals surface area contributed by atoms with Gasteiger partial charge >= 0.3 is 0 Å². The monoisotopic (exact) mass is 289 g/mol. The molecule has 5 nitrogen and oxygen atoms in total. The van der Waals surface area contributed by atoms with Crippen molar-refractivity contribution in [1.29, 1.82) is 0 Å². The first-order chi connectivity index (χ1) is 9.07. The van der Waals surface area contributed by atoms with E-state index in [1.807, 2.05) is 6.92 Å². The number of rotatable bonds is 7. The van der Waals surface area contributed by atoms with Crippen LogP contribution in [0.2, 0.25) is 0 Å². The molecule has 0 unspecified atom stereocenters. The fraction of sp³-hybridized carbons (Fsp3) is 1.00. The lowest BCUT2D eigenvalue weighted by molar-refractivity contribution is 0.255. The first kappa shape index (κ1) is 15.2. The minimum Gasteiger partial charge on any atom is -0.330 e. The van der Waals surface area contributed by atoms with Gasteiger partial charge in [-0.15, -0.1) is 0 Å². The lowest BCUT2D eigenvalue weighted by Gasteiger charge is -2.34. The summed E-state index contributed by atoms with van der Waals surface area (Å²) in [7, 11) is -3.25. The van der Waals surface area contributed by atoms with Crippen LogP contribution in [0.15, 0.2) is 0 Å². The Kier molecular flexibility index (Phi) is 5.22. The van der Waals surface area contributed by atoms with Gasteiger partial charge in [0.1, 0.15) is 0 Å². The highest BCUT2D eigenvalue weighted by molar-refractivity contribution is 7.86. The van der Waals surface area contributed by atoms with Crippen LogP contribution in [0, 0.1) is 11.8 Å². The van der Waals surface area contributed by atoms with Crippen molar-refractivity contribution in [3.8, 4) is 0 Å². The molecule has 0 spiro atoms. The third-order valence-corrected chi connectivity index (χ3v) is 6.19. The summed E-state index contributed by atoms with van der Waals surface area (Å²) >= 11 is 0. The predicted molar refractivity (Wildman–Crippen MR) is 76.9 cm³/mol. The normalized spacial score (nSPS) is 23.1. The van der Waals surface area contributed by atoms with E-state index in [1.54, 1.807) is 8.61 Å². The summed E-state index contributed by atoms with van der Waals surface area (Å²) in [6.45, 7) is 5.34. The minimum absolute atomic E-state index is 0.495. The Morgan fingerprint density at radius 1 is 1.16 bits per heavy atom. The molecule has 2 aliphatic rings. The van der Waals surface area contributed by atoms with Gasteiger partial charge in [-0.2, -0.15) is 17.0 Å². The first-order valence-corrected chi connectivity index (χ1v) is 8.93. The van der Waals surface area contributed by atoms with E-state index in [2.05, 4.69) is 0 Å². The Bertz CT molecular complexity index is 373. The summed E-state index contributed by atoms with van der Waals surface area (Å²) in [5, 5.41) is 0. The topological polar surface area (TPSA) is 66.6 Å². The highest BCUT2D eigenvalue weighted by Gasteiger charge is 2.35. The van der Waals surface area contributed by atoms with Crippen LogP contribution in [0.1, 0.15) is 39.0 Å². The van der Waals surface area contributed by atoms with E-state index >= 15 is 0 Å². The highest BCUT2D eigenvalue weighted by Crippen LogP contribution is 2.31. The fourth-order valence-corrected chi connectivity index (χ4v) is 4.49. The molecular weight excluding hydrogens is 262 g/mol. The maximum atomic E-state index is 12.7. The molecule has 1 aliphatic carbocycles. The van der Waals surface area contributed by atoms with Crippen molar-refractivity contribution in [3.05, 3.63) is 0 Å². The van der Waals surface area contributed by atoms with Crippen molar-refractivity contribution >= 4 is 10.2 Å². The van der Waals surface area contributed by atoms with E-state index in [0.717, 1.165) is 19.3 Å². The van der Waals surface area contributed by atoms with Gasteiger partial charge in [-0.25, -0.2) is 0 Å². The largest absolute Gasteiger partial charge is 0.330 e. The number of nitrogens with two attached hydrogens (primary N) is 1. The van der Waals surface area contributed by atoms with Crippen LogP contribution >= 0.6 is 0 Å². The molecule has 112 valence electrons. The van der Waals surface area contributed by atoms with Gasteiger partial charge in [0.2, 0.25) is 0 Å². The predicted octanol–water partition coefficient (Wildman–Crippen LogP) is 1.02. The molecule has 2 rings (SSSR count). The van der Waals surface area contributed by atoms with Gasteiger partial charge in [0.25, 0.3) is 10.2 Å². The molecule has 19 heavy (non-hydrogen) atoms. The number of nitrogens with zero attached hydrogens (tertiary/aromatic N) is 2. The minimum atomic E-state index is -3.25. The molecule has 1 aliphatic heterocycles. The molecule has 1 heterocycles. The van der Waals surface area contributed by atoms with E-state index in [-0.39, 0.29) is 0 Å². The van der Waals surface area contributed by atoms with Crippen LogP contribution in [0.5, 0.6) is 0 Å². The summed E-state index contributed by atoms with van der Waals surface area (Å²) in [5.74, 6) is 1.09. The number of hydrogen-bond donors (Lipinski definition) is 1. The molecule has 0 aromatic rings. The van der Waals surface area contributed by atoms with E-state index in [1.165, 1.54) is 12.8 Å². The summed E-state index contributed by atoms with van der Waals surface area (Å²) in [4.78, 5) is 0. The van der Waals surface area contributed by atoms with Crippen LogP contribution in [-0.4, -0.2) is 49.8 Å². The van der Waals surface area contributed by atoms with Gasteiger partial charge in [0, 0.05) is 26.2 Å². The Morgan fingerprint density at radius 2 is 1.79 bits per heavy atom. The van der Waals surface area contributed by atoms with E-state index in [0.29, 0.717) is 44.6 Å². The molecule has 0 aromatic carbocycles. The third-order valence-electron chi connectivity index (χ3n) is 4.19. The van der Waals surface area contributed by atoms with Crippen molar-refractivity contribution in [3.63, 3.8) is 0 Å². The van der Waals surface area contributed by atoms with Crippen molar-refractivity contribution in [2.75, 3.05) is 32.7 Å². The maximum absolute atomic E-state index is 12.7. The second-order valence-corrected chi connectivity index (χ2v) is 7.82. The summed E-state index contributed by atoms with van der Waals surface area (Å²) in [5.41, 5.74) is 5.66. The number of piperidine rings is 1. The van der Waals surface area contributed by atoms with Crippen LogP contribution in [0.25, 0.3) is 0 Å². The molecule has 0 aromatic heterocycles. The van der Waals surface area contributed by atoms with Crippen molar-refractivity contribution in [1.82, 2.24) is 8.61 Å². The van der Waals surface area contributed by atoms with Gasteiger partial charge in [0.15, 0.2) is 0 Å². The lowest BCUT2D eigenvalue weighted by Crippen LogP contribution is -2.48. The molecule has 0 bridgehead atoms. The molecule has 6 heteroatoms. The molecule has 1 saturated carbocycles. The van der Waals surface area contributed by atoms with Crippen molar-refractivity contribution in [2.45, 2.75) is 39.0 Å². The second-order valence-electron chi connectivity index (χ2n) is 5.89. The van der Waals surface area contributed by atoms with E-state index < -0.39 is 10.2 Å². The molecule has 1 saturated heterocycles. The van der Waals surface area contributed by atoms with Crippen LogP contribution in [-0.2, 0) is 10.2 Å². The summed E-state index contributed by atoms with van der Waals surface area (Å²) < 4.78 is 28.7. The third kappa shape index (κ3) is 3.90. The number of hydrogen-bond acceptors (Lipinski definition) is 3. The van der Waals surface area contributed by atoms with Gasteiger partial charge < -0.3 is 5.73 Å². The maximum Gasteiger partial charge on any atom is 0.281 e. The van der Waals surface area contributed by atoms with Crippen LogP contribution in [0.4, 0.5) is 0 Å². The van der Waals surface area contributed by atoms with Crippen LogP contribution in [0.3, 0.4) is 0 Å². The Balaban J connectivity index is 1.97. The Morgan fingerprint density at radius 3 is 2.26 bits per heavy atom. The second kappa shape index (κ2) is 6.52. The van der Waals surface area contributed by atoms with Crippen molar-refractivity contribution < 1.29 is 8.42 Å². The molecular formula is C13H27N3O2S. The van der Waals surface area contributed by atoms with Gasteiger partial charge in [-0.3, -0.25) is 0 Å². The molecule has 0 radical (unpaired) electrons. The Labute approximate surface area is 117 Å². The van der Waals surface area contributed by atoms with Crippen molar-refractivity contribution in [2.24, 2.45) is 17.6 Å². The zero-order chi connectivity index (χ0) is 13.9. The Hall–Kier alpha value is -0.170. The summed E-state index contributed by atoms with van der Waals surface area (Å²) in [6.07, 6.45) is 5.05. The molecule has 0 amide bonds. The molecule has 2 N–H and O–H groups in total. The fourth-order valence-electron chi connectivity index (χ4n) is 2.68. The SMILES string of the molecule is CCCN(CC1CC1)S(=O)(=O)N1CCC(CN)CC1. The summed E-state index contributed by atoms with van der Waals surface area (Å²) in [6, 6.07) is 0. The standard InChI is InChI=1S/C13H27N3O2S/c1-2-7-16(11-13-3-4-13)19(17,18)15-8-5-12(10-14)6-9-15/h12-13H,2-11,14H2,1H3. The zero-order valence-electron chi connectivity index (χ0n) is 11.9. The molecule has 0 atom stereocenters. The average molecular weight is 289 g/mol.